The van der Waals surface area contributed by atoms with Crippen molar-refractivity contribution in [3.8, 4) is 0 Å². The van der Waals surface area contributed by atoms with Crippen molar-refractivity contribution in [2.24, 2.45) is 5.73 Å². The van der Waals surface area contributed by atoms with Gasteiger partial charge in [0, 0.05) is 7.05 Å². The fraction of sp³-hybridized carbons (Fsp3) is 0.400. The minimum atomic E-state index is -1.03. The van der Waals surface area contributed by atoms with Gasteiger partial charge in [-0.05, 0) is 0 Å². The maximum Gasteiger partial charge on any atom is 0.417 e. The summed E-state index contributed by atoms with van der Waals surface area (Å²) in [5, 5.41) is 1.68. The molecule has 0 aliphatic rings. The molecule has 0 spiro atoms. The van der Waals surface area contributed by atoms with Crippen molar-refractivity contribution in [2.75, 3.05) is 14.2 Å². The van der Waals surface area contributed by atoms with Crippen LogP contribution in [-0.2, 0) is 4.74 Å². The van der Waals surface area contributed by atoms with Crippen LogP contribution in [-0.4, -0.2) is 37.2 Å². The zero-order chi connectivity index (χ0) is 9.72. The number of primary amides is 1. The SMILES string of the molecule is COC(=O)N(C)C(=O)NC(N)=O. The molecule has 0 fully saturated rings. The molecule has 0 rings (SSSR count). The standard InChI is InChI=1S/C5H9N3O4/c1-8(5(11)12-2)4(10)7-3(6)9/h1-2H3,(H3,6,7,9,10). The number of methoxy groups -OCH3 is 1. The van der Waals surface area contributed by atoms with Gasteiger partial charge in [-0.3, -0.25) is 5.32 Å². The lowest BCUT2D eigenvalue weighted by Crippen LogP contribution is -2.45. The second kappa shape index (κ2) is 4.16. The predicted octanol–water partition coefficient (Wildman–Crippen LogP) is -0.527. The molecule has 3 N–H and O–H groups in total. The molecule has 68 valence electrons. The van der Waals surface area contributed by atoms with E-state index in [0.717, 1.165) is 14.2 Å². The Labute approximate surface area is 68.4 Å². The van der Waals surface area contributed by atoms with E-state index in [-0.39, 0.29) is 0 Å². The van der Waals surface area contributed by atoms with Gasteiger partial charge in [0.25, 0.3) is 0 Å². The summed E-state index contributed by atoms with van der Waals surface area (Å²) in [5.74, 6) is 0. The summed E-state index contributed by atoms with van der Waals surface area (Å²) in [5.41, 5.74) is 4.62. The van der Waals surface area contributed by atoms with Gasteiger partial charge in [-0.15, -0.1) is 0 Å². The van der Waals surface area contributed by atoms with Crippen LogP contribution in [0.1, 0.15) is 0 Å². The number of carbonyl (C=O) groups is 3. The molecule has 7 nitrogen and oxygen atoms in total. The van der Waals surface area contributed by atoms with Gasteiger partial charge in [0.2, 0.25) is 0 Å². The first kappa shape index (κ1) is 10.2. The Kier molecular flexibility index (Phi) is 3.54. The van der Waals surface area contributed by atoms with Gasteiger partial charge in [0.1, 0.15) is 0 Å². The van der Waals surface area contributed by atoms with Crippen molar-refractivity contribution >= 4 is 18.2 Å². The van der Waals surface area contributed by atoms with E-state index in [0.29, 0.717) is 4.90 Å². The molecular weight excluding hydrogens is 166 g/mol. The molecule has 0 heterocycles. The molecule has 12 heavy (non-hydrogen) atoms. The molecule has 7 heteroatoms. The minimum Gasteiger partial charge on any atom is -0.452 e. The zero-order valence-corrected chi connectivity index (χ0v) is 6.66. The molecule has 0 bridgehead atoms. The topological polar surface area (TPSA) is 102 Å². The average Bonchev–Trinajstić information content (AvgIpc) is 2.00. The Balaban J connectivity index is 4.10. The van der Waals surface area contributed by atoms with Crippen LogP contribution in [0, 0.1) is 0 Å². The summed E-state index contributed by atoms with van der Waals surface area (Å²) in [4.78, 5) is 32.1. The highest BCUT2D eigenvalue weighted by molar-refractivity contribution is 5.99. The van der Waals surface area contributed by atoms with Crippen molar-refractivity contribution in [2.45, 2.75) is 0 Å². The fourth-order valence-electron chi connectivity index (χ4n) is 0.409. The molecule has 0 aliphatic carbocycles. The van der Waals surface area contributed by atoms with Crippen LogP contribution in [0.2, 0.25) is 0 Å². The first-order valence-electron chi connectivity index (χ1n) is 2.91. The summed E-state index contributed by atoms with van der Waals surface area (Å²) in [7, 11) is 2.25. The van der Waals surface area contributed by atoms with Crippen molar-refractivity contribution in [3.63, 3.8) is 0 Å². The maximum absolute atomic E-state index is 10.8. The van der Waals surface area contributed by atoms with Crippen LogP contribution in [0.3, 0.4) is 0 Å². The fourth-order valence-corrected chi connectivity index (χ4v) is 0.409. The lowest BCUT2D eigenvalue weighted by atomic mass is 10.7. The van der Waals surface area contributed by atoms with Crippen molar-refractivity contribution < 1.29 is 19.1 Å². The van der Waals surface area contributed by atoms with Crippen LogP contribution in [0.5, 0.6) is 0 Å². The number of carbonyl (C=O) groups excluding carboxylic acids is 3. The van der Waals surface area contributed by atoms with Crippen molar-refractivity contribution in [3.05, 3.63) is 0 Å². The van der Waals surface area contributed by atoms with E-state index >= 15 is 0 Å². The van der Waals surface area contributed by atoms with Gasteiger partial charge < -0.3 is 10.5 Å². The van der Waals surface area contributed by atoms with Gasteiger partial charge in [0.05, 0.1) is 7.11 Å². The predicted molar refractivity (Wildman–Crippen MR) is 38.3 cm³/mol. The third kappa shape index (κ3) is 2.86. The molecule has 0 saturated carbocycles. The highest BCUT2D eigenvalue weighted by atomic mass is 16.5. The van der Waals surface area contributed by atoms with E-state index in [4.69, 9.17) is 0 Å². The van der Waals surface area contributed by atoms with Crippen LogP contribution in [0.4, 0.5) is 14.4 Å². The van der Waals surface area contributed by atoms with E-state index in [9.17, 15) is 14.4 Å². The number of hydrogen-bond donors (Lipinski definition) is 2. The zero-order valence-electron chi connectivity index (χ0n) is 6.66. The molecule has 0 atom stereocenters. The second-order valence-corrected chi connectivity index (χ2v) is 1.82. The molecule has 0 saturated heterocycles. The van der Waals surface area contributed by atoms with Crippen LogP contribution < -0.4 is 11.1 Å². The number of hydrogen-bond acceptors (Lipinski definition) is 4. The molecule has 5 amide bonds. The van der Waals surface area contributed by atoms with Gasteiger partial charge in [0.15, 0.2) is 0 Å². The Morgan fingerprint density at radius 1 is 1.42 bits per heavy atom. The van der Waals surface area contributed by atoms with E-state index in [1.165, 1.54) is 0 Å². The van der Waals surface area contributed by atoms with Crippen molar-refractivity contribution in [1.82, 2.24) is 10.2 Å². The van der Waals surface area contributed by atoms with Gasteiger partial charge >= 0.3 is 18.2 Å². The molecule has 0 aromatic carbocycles. The van der Waals surface area contributed by atoms with Crippen LogP contribution in [0.15, 0.2) is 0 Å². The summed E-state index contributed by atoms with van der Waals surface area (Å²) >= 11 is 0. The largest absolute Gasteiger partial charge is 0.452 e. The number of ether oxygens (including phenoxy) is 1. The summed E-state index contributed by atoms with van der Waals surface area (Å²) in [6.45, 7) is 0. The quantitative estimate of drug-likeness (QED) is 0.516. The molecule has 0 radical (unpaired) electrons. The summed E-state index contributed by atoms with van der Waals surface area (Å²) in [6.07, 6.45) is -0.881. The minimum absolute atomic E-state index is 0.574. The molecule has 0 aromatic heterocycles. The van der Waals surface area contributed by atoms with Gasteiger partial charge in [-0.1, -0.05) is 0 Å². The monoisotopic (exact) mass is 175 g/mol. The first-order chi connectivity index (χ1) is 5.49. The maximum atomic E-state index is 10.8. The number of amides is 5. The highest BCUT2D eigenvalue weighted by Gasteiger charge is 2.17. The van der Waals surface area contributed by atoms with E-state index in [1.54, 1.807) is 5.32 Å². The second-order valence-electron chi connectivity index (χ2n) is 1.82. The molecule has 0 aromatic rings. The Hall–Kier alpha value is -1.79. The van der Waals surface area contributed by atoms with E-state index in [2.05, 4.69) is 10.5 Å². The molecule has 0 aliphatic heterocycles. The number of rotatable bonds is 0. The average molecular weight is 175 g/mol. The van der Waals surface area contributed by atoms with Gasteiger partial charge in [-0.25, -0.2) is 19.3 Å². The summed E-state index contributed by atoms with van der Waals surface area (Å²) in [6, 6.07) is -1.97. The molecule has 0 unspecified atom stereocenters. The van der Waals surface area contributed by atoms with E-state index < -0.39 is 18.2 Å². The number of urea groups is 2. The van der Waals surface area contributed by atoms with Gasteiger partial charge in [-0.2, -0.15) is 0 Å². The van der Waals surface area contributed by atoms with Crippen molar-refractivity contribution in [1.29, 1.82) is 0 Å². The van der Waals surface area contributed by atoms with Crippen LogP contribution in [0.25, 0.3) is 0 Å². The number of nitrogens with two attached hydrogens (primary N) is 1. The lowest BCUT2D eigenvalue weighted by molar-refractivity contribution is 0.137. The Morgan fingerprint density at radius 2 is 1.92 bits per heavy atom. The number of nitrogens with zero attached hydrogens (tertiary/aromatic N) is 1. The summed E-state index contributed by atoms with van der Waals surface area (Å²) < 4.78 is 4.19. The Morgan fingerprint density at radius 3 is 2.25 bits per heavy atom. The lowest BCUT2D eigenvalue weighted by Gasteiger charge is -2.12. The first-order valence-corrected chi connectivity index (χ1v) is 2.91. The third-order valence-electron chi connectivity index (χ3n) is 0.983. The Bertz CT molecular complexity index is 215. The normalized spacial score (nSPS) is 8.50. The molecular formula is C5H9N3O4. The third-order valence-corrected chi connectivity index (χ3v) is 0.983. The smallest absolute Gasteiger partial charge is 0.417 e. The highest BCUT2D eigenvalue weighted by Crippen LogP contribution is 1.88. The number of nitrogens with one attached hydrogen (secondary N) is 1. The van der Waals surface area contributed by atoms with Crippen LogP contribution >= 0.6 is 0 Å². The van der Waals surface area contributed by atoms with E-state index in [1.807, 2.05) is 0 Å². The number of imide groups is 2.